The maximum atomic E-state index is 12.5. The number of anilines is 1. The molecule has 7 heteroatoms. The Labute approximate surface area is 174 Å². The summed E-state index contributed by atoms with van der Waals surface area (Å²) in [7, 11) is 0. The van der Waals surface area contributed by atoms with Crippen LogP contribution in [0.25, 0.3) is 11.0 Å². The van der Waals surface area contributed by atoms with Crippen LogP contribution in [-0.4, -0.2) is 19.7 Å². The van der Waals surface area contributed by atoms with Gasteiger partial charge in [-0.25, -0.2) is 4.68 Å². The fraction of sp³-hybridized carbons (Fsp3) is 0.261. The molecule has 7 nitrogen and oxygen atoms in total. The van der Waals surface area contributed by atoms with Crippen LogP contribution in [0.1, 0.15) is 31.9 Å². The van der Waals surface area contributed by atoms with Crippen LogP contribution < -0.4 is 15.6 Å². The molecule has 30 heavy (non-hydrogen) atoms. The zero-order chi connectivity index (χ0) is 21.1. The van der Waals surface area contributed by atoms with Gasteiger partial charge in [0.1, 0.15) is 17.7 Å². The van der Waals surface area contributed by atoms with Gasteiger partial charge in [-0.05, 0) is 32.4 Å². The molecule has 0 fully saturated rings. The Hall–Kier alpha value is -3.61. The highest BCUT2D eigenvalue weighted by molar-refractivity contribution is 5.74. The SMILES string of the molecule is CC(C)(C)n1ncc2c(=O)[nH]c(NCc3ccccc3OCc3ccccc3)nc21. The van der Waals surface area contributed by atoms with Gasteiger partial charge in [0.25, 0.3) is 5.56 Å². The summed E-state index contributed by atoms with van der Waals surface area (Å²) < 4.78 is 7.77. The molecule has 0 saturated heterocycles. The first kappa shape index (κ1) is 19.7. The van der Waals surface area contributed by atoms with Crippen LogP contribution in [0, 0.1) is 0 Å². The number of nitrogens with one attached hydrogen (secondary N) is 2. The average Bonchev–Trinajstić information content (AvgIpc) is 3.17. The second-order valence-corrected chi connectivity index (χ2v) is 8.11. The van der Waals surface area contributed by atoms with Crippen LogP contribution in [0.2, 0.25) is 0 Å². The Morgan fingerprint density at radius 3 is 2.57 bits per heavy atom. The van der Waals surface area contributed by atoms with E-state index in [1.165, 1.54) is 0 Å². The molecule has 0 unspecified atom stereocenters. The van der Waals surface area contributed by atoms with E-state index in [0.717, 1.165) is 16.9 Å². The van der Waals surface area contributed by atoms with E-state index in [2.05, 4.69) is 20.4 Å². The molecule has 2 heterocycles. The Bertz CT molecular complexity index is 1210. The molecule has 0 amide bonds. The molecule has 0 atom stereocenters. The van der Waals surface area contributed by atoms with Crippen molar-refractivity contribution in [3.05, 3.63) is 82.3 Å². The molecule has 0 bridgehead atoms. The smallest absolute Gasteiger partial charge is 0.263 e. The first-order valence-corrected chi connectivity index (χ1v) is 9.89. The van der Waals surface area contributed by atoms with E-state index in [1.54, 1.807) is 10.9 Å². The minimum atomic E-state index is -0.280. The standard InChI is InChI=1S/C23H25N5O2/c1-23(2,3)28-20-18(14-25-28)21(29)27-22(26-20)24-13-17-11-7-8-12-19(17)30-15-16-9-5-4-6-10-16/h4-12,14H,13,15H2,1-3H3,(H2,24,26,27,29). The largest absolute Gasteiger partial charge is 0.489 e. The van der Waals surface area contributed by atoms with Gasteiger partial charge >= 0.3 is 0 Å². The number of para-hydroxylation sites is 1. The third kappa shape index (κ3) is 4.20. The summed E-state index contributed by atoms with van der Waals surface area (Å²) in [5.41, 5.74) is 2.14. The van der Waals surface area contributed by atoms with Gasteiger partial charge in [-0.2, -0.15) is 10.1 Å². The van der Waals surface area contributed by atoms with Crippen molar-refractivity contribution in [2.45, 2.75) is 39.5 Å². The topological polar surface area (TPSA) is 84.8 Å². The maximum Gasteiger partial charge on any atom is 0.263 e. The minimum Gasteiger partial charge on any atom is -0.489 e. The van der Waals surface area contributed by atoms with Gasteiger partial charge in [0.15, 0.2) is 5.65 Å². The van der Waals surface area contributed by atoms with Crippen LogP contribution in [0.5, 0.6) is 5.75 Å². The molecule has 4 aromatic rings. The van der Waals surface area contributed by atoms with Crippen molar-refractivity contribution in [3.8, 4) is 5.75 Å². The zero-order valence-corrected chi connectivity index (χ0v) is 17.3. The fourth-order valence-electron chi connectivity index (χ4n) is 3.20. The molecule has 0 radical (unpaired) electrons. The second kappa shape index (κ2) is 8.02. The van der Waals surface area contributed by atoms with Gasteiger partial charge in [0, 0.05) is 12.1 Å². The summed E-state index contributed by atoms with van der Waals surface area (Å²) in [6, 6.07) is 17.9. The molecule has 0 spiro atoms. The first-order chi connectivity index (χ1) is 14.4. The van der Waals surface area contributed by atoms with Crippen LogP contribution >= 0.6 is 0 Å². The average molecular weight is 403 g/mol. The summed E-state index contributed by atoms with van der Waals surface area (Å²) in [4.78, 5) is 19.8. The lowest BCUT2D eigenvalue weighted by Gasteiger charge is -2.19. The van der Waals surface area contributed by atoms with Crippen molar-refractivity contribution in [3.63, 3.8) is 0 Å². The number of H-pyrrole nitrogens is 1. The molecular formula is C23H25N5O2. The third-order valence-electron chi connectivity index (χ3n) is 4.73. The Morgan fingerprint density at radius 2 is 1.80 bits per heavy atom. The molecule has 154 valence electrons. The van der Waals surface area contributed by atoms with E-state index in [4.69, 9.17) is 4.74 Å². The molecular weight excluding hydrogens is 378 g/mol. The molecule has 4 rings (SSSR count). The van der Waals surface area contributed by atoms with Gasteiger partial charge < -0.3 is 10.1 Å². The predicted octanol–water partition coefficient (Wildman–Crippen LogP) is 4.07. The lowest BCUT2D eigenvalue weighted by molar-refractivity contribution is 0.303. The van der Waals surface area contributed by atoms with Gasteiger partial charge in [0.2, 0.25) is 5.95 Å². The summed E-state index contributed by atoms with van der Waals surface area (Å²) in [5, 5.41) is 8.03. The Kier molecular flexibility index (Phi) is 5.27. The summed E-state index contributed by atoms with van der Waals surface area (Å²) in [5.74, 6) is 1.19. The van der Waals surface area contributed by atoms with Crippen LogP contribution in [0.3, 0.4) is 0 Å². The number of nitrogens with zero attached hydrogens (tertiary/aromatic N) is 3. The number of hydrogen-bond acceptors (Lipinski definition) is 5. The highest BCUT2D eigenvalue weighted by Gasteiger charge is 2.20. The molecule has 0 aliphatic heterocycles. The molecule has 2 aromatic carbocycles. The fourth-order valence-corrected chi connectivity index (χ4v) is 3.20. The van der Waals surface area contributed by atoms with Crippen LogP contribution in [-0.2, 0) is 18.7 Å². The van der Waals surface area contributed by atoms with Crippen molar-refractivity contribution >= 4 is 17.0 Å². The van der Waals surface area contributed by atoms with E-state index >= 15 is 0 Å². The van der Waals surface area contributed by atoms with E-state index < -0.39 is 0 Å². The van der Waals surface area contributed by atoms with E-state index in [9.17, 15) is 4.79 Å². The highest BCUT2D eigenvalue weighted by atomic mass is 16.5. The van der Waals surface area contributed by atoms with Gasteiger partial charge in [0.05, 0.1) is 11.7 Å². The number of fused-ring (bicyclic) bond motifs is 1. The zero-order valence-electron chi connectivity index (χ0n) is 17.3. The lowest BCUT2D eigenvalue weighted by atomic mass is 10.1. The van der Waals surface area contributed by atoms with Crippen molar-refractivity contribution in [1.82, 2.24) is 19.7 Å². The molecule has 0 aliphatic carbocycles. The van der Waals surface area contributed by atoms with Crippen LogP contribution in [0.15, 0.2) is 65.6 Å². The highest BCUT2D eigenvalue weighted by Crippen LogP contribution is 2.21. The van der Waals surface area contributed by atoms with Gasteiger partial charge in [-0.15, -0.1) is 0 Å². The summed E-state index contributed by atoms with van der Waals surface area (Å²) in [6.07, 6.45) is 1.56. The second-order valence-electron chi connectivity index (χ2n) is 8.11. The number of benzene rings is 2. The monoisotopic (exact) mass is 403 g/mol. The lowest BCUT2D eigenvalue weighted by Crippen LogP contribution is -2.24. The predicted molar refractivity (Wildman–Crippen MR) is 118 cm³/mol. The van der Waals surface area contributed by atoms with Gasteiger partial charge in [-0.1, -0.05) is 48.5 Å². The van der Waals surface area contributed by atoms with Crippen LogP contribution in [0.4, 0.5) is 5.95 Å². The van der Waals surface area contributed by atoms with E-state index in [1.807, 2.05) is 75.4 Å². The van der Waals surface area contributed by atoms with Crippen molar-refractivity contribution in [2.24, 2.45) is 0 Å². The molecule has 2 aromatic heterocycles. The van der Waals surface area contributed by atoms with Crippen molar-refractivity contribution < 1.29 is 4.74 Å². The normalized spacial score (nSPS) is 11.6. The number of ether oxygens (including phenoxy) is 1. The van der Waals surface area contributed by atoms with Crippen molar-refractivity contribution in [2.75, 3.05) is 5.32 Å². The molecule has 0 saturated carbocycles. The maximum absolute atomic E-state index is 12.5. The Balaban J connectivity index is 1.54. The van der Waals surface area contributed by atoms with E-state index in [-0.39, 0.29) is 11.1 Å². The van der Waals surface area contributed by atoms with Crippen molar-refractivity contribution in [1.29, 1.82) is 0 Å². The number of aromatic amines is 1. The molecule has 0 aliphatic rings. The summed E-state index contributed by atoms with van der Waals surface area (Å²) in [6.45, 7) is 7.02. The van der Waals surface area contributed by atoms with E-state index in [0.29, 0.717) is 30.1 Å². The number of aromatic nitrogens is 4. The number of rotatable bonds is 6. The van der Waals surface area contributed by atoms with Gasteiger partial charge in [-0.3, -0.25) is 9.78 Å². The third-order valence-corrected chi connectivity index (χ3v) is 4.73. The summed E-state index contributed by atoms with van der Waals surface area (Å²) >= 11 is 0. The first-order valence-electron chi connectivity index (χ1n) is 9.89. The molecule has 2 N–H and O–H groups in total. The Morgan fingerprint density at radius 1 is 1.07 bits per heavy atom. The number of hydrogen-bond donors (Lipinski definition) is 2. The minimum absolute atomic E-state index is 0.216. The quantitative estimate of drug-likeness (QED) is 0.507.